The maximum Gasteiger partial charge on any atom is 0.138 e. The van der Waals surface area contributed by atoms with E-state index in [-0.39, 0.29) is 6.61 Å². The van der Waals surface area contributed by atoms with Crippen molar-refractivity contribution in [1.82, 2.24) is 0 Å². The number of nitrogens with one attached hydrogen (secondary N) is 1. The van der Waals surface area contributed by atoms with Gasteiger partial charge in [0.2, 0.25) is 0 Å². The van der Waals surface area contributed by atoms with Crippen LogP contribution in [0.2, 0.25) is 5.02 Å². The lowest BCUT2D eigenvalue weighted by Crippen LogP contribution is -2.26. The van der Waals surface area contributed by atoms with Crippen LogP contribution < -0.4 is 10.1 Å². The third-order valence-corrected chi connectivity index (χ3v) is 3.62. The van der Waals surface area contributed by atoms with E-state index in [9.17, 15) is 5.11 Å². The molecule has 0 aliphatic carbocycles. The van der Waals surface area contributed by atoms with Crippen LogP contribution >= 0.6 is 34.2 Å². The molecule has 2 rings (SSSR count). The van der Waals surface area contributed by atoms with Crippen LogP contribution in [0.5, 0.6) is 5.75 Å². The predicted molar refractivity (Wildman–Crippen MR) is 90.6 cm³/mol. The Bertz CT molecular complexity index is 565. The zero-order valence-electron chi connectivity index (χ0n) is 10.7. The molecule has 5 heteroatoms. The summed E-state index contributed by atoms with van der Waals surface area (Å²) in [6.45, 7) is 0.616. The van der Waals surface area contributed by atoms with Gasteiger partial charge in [0.15, 0.2) is 0 Å². The van der Waals surface area contributed by atoms with Crippen molar-refractivity contribution in [3.8, 4) is 5.75 Å². The molecular formula is C15H15ClINO2. The molecule has 0 amide bonds. The van der Waals surface area contributed by atoms with E-state index in [2.05, 4.69) is 27.9 Å². The van der Waals surface area contributed by atoms with Gasteiger partial charge in [-0.25, -0.2) is 0 Å². The van der Waals surface area contributed by atoms with Crippen LogP contribution in [0.15, 0.2) is 48.5 Å². The van der Waals surface area contributed by atoms with Crippen molar-refractivity contribution < 1.29 is 9.84 Å². The van der Waals surface area contributed by atoms with E-state index < -0.39 is 6.10 Å². The summed E-state index contributed by atoms with van der Waals surface area (Å²) in [5.74, 6) is 0.586. The lowest BCUT2D eigenvalue weighted by Gasteiger charge is -2.14. The van der Waals surface area contributed by atoms with E-state index in [4.69, 9.17) is 16.3 Å². The summed E-state index contributed by atoms with van der Waals surface area (Å²) in [6, 6.07) is 15.2. The second-order valence-electron chi connectivity index (χ2n) is 4.29. The van der Waals surface area contributed by atoms with Crippen LogP contribution in [0.25, 0.3) is 0 Å². The second kappa shape index (κ2) is 7.71. The van der Waals surface area contributed by atoms with Crippen molar-refractivity contribution in [2.24, 2.45) is 0 Å². The average molecular weight is 404 g/mol. The topological polar surface area (TPSA) is 41.5 Å². The van der Waals surface area contributed by atoms with Gasteiger partial charge in [-0.3, -0.25) is 0 Å². The maximum atomic E-state index is 9.90. The third kappa shape index (κ3) is 4.85. The predicted octanol–water partition coefficient (Wildman–Crippen LogP) is 3.80. The minimum Gasteiger partial charge on any atom is -0.489 e. The van der Waals surface area contributed by atoms with E-state index in [1.54, 1.807) is 12.1 Å². The summed E-state index contributed by atoms with van der Waals surface area (Å²) >= 11 is 8.22. The number of ether oxygens (including phenoxy) is 1. The van der Waals surface area contributed by atoms with Gasteiger partial charge in [0, 0.05) is 15.8 Å². The van der Waals surface area contributed by atoms with Gasteiger partial charge in [-0.2, -0.15) is 0 Å². The van der Waals surface area contributed by atoms with Crippen LogP contribution in [-0.2, 0) is 0 Å². The highest BCUT2D eigenvalue weighted by atomic mass is 127. The molecule has 0 radical (unpaired) electrons. The Balaban J connectivity index is 1.78. The molecule has 2 aromatic rings. The number of aliphatic hydroxyl groups is 1. The fraction of sp³-hybridized carbons (Fsp3) is 0.200. The normalized spacial score (nSPS) is 11.9. The second-order valence-corrected chi connectivity index (χ2v) is 5.94. The van der Waals surface area contributed by atoms with Gasteiger partial charge >= 0.3 is 0 Å². The Hall–Kier alpha value is -0.980. The van der Waals surface area contributed by atoms with E-state index in [0.717, 1.165) is 9.26 Å². The molecule has 1 atom stereocenters. The molecule has 0 saturated heterocycles. The van der Waals surface area contributed by atoms with E-state index in [1.807, 2.05) is 36.4 Å². The first-order valence-electron chi connectivity index (χ1n) is 6.20. The van der Waals surface area contributed by atoms with E-state index >= 15 is 0 Å². The van der Waals surface area contributed by atoms with Gasteiger partial charge in [0.25, 0.3) is 0 Å². The van der Waals surface area contributed by atoms with Crippen LogP contribution in [-0.4, -0.2) is 24.4 Å². The number of aliphatic hydroxyl groups excluding tert-OH is 1. The molecular weight excluding hydrogens is 389 g/mol. The SMILES string of the molecule is OC(CNc1cccc(I)c1)COc1ccccc1Cl. The Labute approximate surface area is 137 Å². The highest BCUT2D eigenvalue weighted by molar-refractivity contribution is 14.1. The van der Waals surface area contributed by atoms with Gasteiger partial charge in [-0.15, -0.1) is 0 Å². The van der Waals surface area contributed by atoms with Gasteiger partial charge in [0.1, 0.15) is 18.5 Å². The van der Waals surface area contributed by atoms with E-state index in [1.165, 1.54) is 0 Å². The zero-order valence-corrected chi connectivity index (χ0v) is 13.6. The van der Waals surface area contributed by atoms with Crippen LogP contribution in [0.4, 0.5) is 5.69 Å². The van der Waals surface area contributed by atoms with Crippen molar-refractivity contribution in [3.05, 3.63) is 57.1 Å². The molecule has 0 spiro atoms. The molecule has 0 aromatic heterocycles. The molecule has 20 heavy (non-hydrogen) atoms. The summed E-state index contributed by atoms with van der Waals surface area (Å²) < 4.78 is 6.63. The highest BCUT2D eigenvalue weighted by Gasteiger charge is 2.07. The van der Waals surface area contributed by atoms with Crippen LogP contribution in [0.1, 0.15) is 0 Å². The summed E-state index contributed by atoms with van der Waals surface area (Å²) in [4.78, 5) is 0. The number of hydrogen-bond acceptors (Lipinski definition) is 3. The number of benzene rings is 2. The number of halogens is 2. The van der Waals surface area contributed by atoms with Gasteiger partial charge in [-0.1, -0.05) is 29.8 Å². The molecule has 2 aromatic carbocycles. The molecule has 0 heterocycles. The summed E-state index contributed by atoms with van der Waals surface area (Å²) in [5.41, 5.74) is 0.980. The van der Waals surface area contributed by atoms with Gasteiger partial charge < -0.3 is 15.2 Å². The summed E-state index contributed by atoms with van der Waals surface area (Å²) in [7, 11) is 0. The largest absolute Gasteiger partial charge is 0.489 e. The minimum atomic E-state index is -0.607. The van der Waals surface area contributed by atoms with E-state index in [0.29, 0.717) is 17.3 Å². The van der Waals surface area contributed by atoms with Crippen LogP contribution in [0, 0.1) is 3.57 Å². The van der Waals surface area contributed by atoms with Crippen molar-refractivity contribution in [3.63, 3.8) is 0 Å². The first kappa shape index (κ1) is 15.4. The minimum absolute atomic E-state index is 0.195. The van der Waals surface area contributed by atoms with Crippen molar-refractivity contribution in [2.75, 3.05) is 18.5 Å². The lowest BCUT2D eigenvalue weighted by atomic mass is 10.3. The maximum absolute atomic E-state index is 9.90. The Morgan fingerprint density at radius 1 is 1.20 bits per heavy atom. The molecule has 0 aliphatic heterocycles. The monoisotopic (exact) mass is 403 g/mol. The molecule has 2 N–H and O–H groups in total. The zero-order chi connectivity index (χ0) is 14.4. The number of para-hydroxylation sites is 1. The molecule has 3 nitrogen and oxygen atoms in total. The highest BCUT2D eigenvalue weighted by Crippen LogP contribution is 2.23. The first-order valence-corrected chi connectivity index (χ1v) is 7.65. The third-order valence-electron chi connectivity index (χ3n) is 2.63. The fourth-order valence-electron chi connectivity index (χ4n) is 1.64. The average Bonchev–Trinajstić information content (AvgIpc) is 2.44. The van der Waals surface area contributed by atoms with Gasteiger partial charge in [0.05, 0.1) is 5.02 Å². The fourth-order valence-corrected chi connectivity index (χ4v) is 2.37. The van der Waals surface area contributed by atoms with Crippen molar-refractivity contribution in [2.45, 2.75) is 6.10 Å². The lowest BCUT2D eigenvalue weighted by molar-refractivity contribution is 0.117. The molecule has 0 aliphatic rings. The molecule has 0 saturated carbocycles. The quantitative estimate of drug-likeness (QED) is 0.721. The van der Waals surface area contributed by atoms with Crippen molar-refractivity contribution >= 4 is 39.9 Å². The van der Waals surface area contributed by atoms with Crippen LogP contribution in [0.3, 0.4) is 0 Å². The van der Waals surface area contributed by atoms with Gasteiger partial charge in [-0.05, 0) is 52.9 Å². The Morgan fingerprint density at radius 2 is 2.00 bits per heavy atom. The number of hydrogen-bond donors (Lipinski definition) is 2. The standard InChI is InChI=1S/C15H15ClINO2/c16-14-6-1-2-7-15(14)20-10-13(19)9-18-12-5-3-4-11(17)8-12/h1-8,13,18-19H,9-10H2. The Kier molecular flexibility index (Phi) is 5.94. The molecule has 0 bridgehead atoms. The molecule has 1 unspecified atom stereocenters. The number of anilines is 1. The van der Waals surface area contributed by atoms with Crippen molar-refractivity contribution in [1.29, 1.82) is 0 Å². The molecule has 106 valence electrons. The summed E-state index contributed by atoms with van der Waals surface area (Å²) in [6.07, 6.45) is -0.607. The Morgan fingerprint density at radius 3 is 2.75 bits per heavy atom. The molecule has 0 fully saturated rings. The summed E-state index contributed by atoms with van der Waals surface area (Å²) in [5, 5.41) is 13.6. The first-order chi connectivity index (χ1) is 9.65. The number of rotatable bonds is 6. The smallest absolute Gasteiger partial charge is 0.138 e.